The highest BCUT2D eigenvalue weighted by molar-refractivity contribution is 5.97. The van der Waals surface area contributed by atoms with Gasteiger partial charge in [0.15, 0.2) is 0 Å². The molecule has 34 heavy (non-hydrogen) atoms. The van der Waals surface area contributed by atoms with Crippen LogP contribution in [-0.2, 0) is 13.0 Å². The number of carbonyl (C=O) groups excluding carboxylic acids is 1. The third-order valence-corrected chi connectivity index (χ3v) is 5.61. The van der Waals surface area contributed by atoms with Crippen molar-refractivity contribution in [1.29, 1.82) is 0 Å². The minimum atomic E-state index is -0.127. The lowest BCUT2D eigenvalue weighted by molar-refractivity contribution is 0.0954. The van der Waals surface area contributed by atoms with Crippen molar-refractivity contribution in [3.05, 3.63) is 102 Å². The van der Waals surface area contributed by atoms with Crippen LogP contribution in [0.15, 0.2) is 85.3 Å². The normalized spacial score (nSPS) is 11.0. The van der Waals surface area contributed by atoms with Gasteiger partial charge in [0.1, 0.15) is 5.82 Å². The maximum absolute atomic E-state index is 12.6. The fraction of sp³-hybridized carbons (Fsp3) is 0.111. The molecule has 1 amide bonds. The van der Waals surface area contributed by atoms with Crippen LogP contribution in [0.5, 0.6) is 0 Å². The lowest BCUT2D eigenvalue weighted by Crippen LogP contribution is -2.25. The number of rotatable bonds is 7. The summed E-state index contributed by atoms with van der Waals surface area (Å²) in [5.74, 6) is 0.561. The summed E-state index contributed by atoms with van der Waals surface area (Å²) in [5.41, 5.74) is 6.68. The number of benzene rings is 2. The highest BCUT2D eigenvalue weighted by Crippen LogP contribution is 2.24. The summed E-state index contributed by atoms with van der Waals surface area (Å²) in [7, 11) is 0. The van der Waals surface area contributed by atoms with Crippen LogP contribution in [-0.4, -0.2) is 37.5 Å². The Morgan fingerprint density at radius 1 is 0.941 bits per heavy atom. The Morgan fingerprint density at radius 3 is 2.65 bits per heavy atom. The Bertz CT molecular complexity index is 1430. The predicted octanol–water partition coefficient (Wildman–Crippen LogP) is 4.15. The first kappa shape index (κ1) is 21.5. The zero-order valence-corrected chi connectivity index (χ0v) is 18.4. The SMILES string of the molecule is O=C(NCCc1cccnc1)c1ccc2nc(-c3ccc(-c4cccc(CO)c4)nc3)[nH]c2c1. The first-order valence-corrected chi connectivity index (χ1v) is 11.0. The topological polar surface area (TPSA) is 104 Å². The van der Waals surface area contributed by atoms with Gasteiger partial charge in [-0.25, -0.2) is 4.98 Å². The molecule has 0 saturated heterocycles. The highest BCUT2D eigenvalue weighted by Gasteiger charge is 2.11. The number of aromatic amines is 1. The first-order valence-electron chi connectivity index (χ1n) is 11.0. The molecule has 0 aliphatic rings. The summed E-state index contributed by atoms with van der Waals surface area (Å²) in [4.78, 5) is 29.2. The van der Waals surface area contributed by atoms with Crippen LogP contribution in [0, 0.1) is 0 Å². The lowest BCUT2D eigenvalue weighted by Gasteiger charge is -2.05. The van der Waals surface area contributed by atoms with Crippen molar-refractivity contribution in [2.24, 2.45) is 0 Å². The van der Waals surface area contributed by atoms with Gasteiger partial charge >= 0.3 is 0 Å². The molecule has 0 spiro atoms. The van der Waals surface area contributed by atoms with Crippen molar-refractivity contribution in [1.82, 2.24) is 25.3 Å². The van der Waals surface area contributed by atoms with Crippen molar-refractivity contribution >= 4 is 16.9 Å². The van der Waals surface area contributed by atoms with E-state index in [1.165, 1.54) is 0 Å². The fourth-order valence-electron chi connectivity index (χ4n) is 3.79. The summed E-state index contributed by atoms with van der Waals surface area (Å²) in [6.45, 7) is 0.533. The molecule has 5 rings (SSSR count). The summed E-state index contributed by atoms with van der Waals surface area (Å²) >= 11 is 0. The van der Waals surface area contributed by atoms with Crippen molar-refractivity contribution in [2.45, 2.75) is 13.0 Å². The van der Waals surface area contributed by atoms with Crippen LogP contribution in [0.3, 0.4) is 0 Å². The Labute approximate surface area is 196 Å². The number of nitrogens with zero attached hydrogens (tertiary/aromatic N) is 3. The Kier molecular flexibility index (Phi) is 6.09. The van der Waals surface area contributed by atoms with E-state index in [1.807, 2.05) is 60.7 Å². The van der Waals surface area contributed by atoms with E-state index in [1.54, 1.807) is 24.7 Å². The van der Waals surface area contributed by atoms with Gasteiger partial charge in [0.25, 0.3) is 5.91 Å². The summed E-state index contributed by atoms with van der Waals surface area (Å²) in [6, 6.07) is 20.9. The molecule has 0 saturated carbocycles. The molecule has 0 aliphatic carbocycles. The molecule has 0 atom stereocenters. The number of H-pyrrole nitrogens is 1. The standard InChI is InChI=1S/C27H23N5O2/c33-17-19-3-1-5-20(13-19)23-8-7-22(16-30-23)26-31-24-9-6-21(14-25(24)32-26)27(34)29-12-10-18-4-2-11-28-15-18/h1-9,11,13-16,33H,10,12,17H2,(H,29,34)(H,31,32). The average molecular weight is 450 g/mol. The number of pyridine rings is 2. The number of hydrogen-bond donors (Lipinski definition) is 3. The molecule has 5 aromatic rings. The zero-order chi connectivity index (χ0) is 23.3. The number of imidazole rings is 1. The maximum Gasteiger partial charge on any atom is 0.251 e. The zero-order valence-electron chi connectivity index (χ0n) is 18.4. The van der Waals surface area contributed by atoms with Crippen LogP contribution in [0.1, 0.15) is 21.5 Å². The van der Waals surface area contributed by atoms with E-state index in [0.29, 0.717) is 17.9 Å². The quantitative estimate of drug-likeness (QED) is 0.346. The minimum Gasteiger partial charge on any atom is -0.392 e. The first-order chi connectivity index (χ1) is 16.7. The second-order valence-electron chi connectivity index (χ2n) is 7.98. The Morgan fingerprint density at radius 2 is 1.85 bits per heavy atom. The highest BCUT2D eigenvalue weighted by atomic mass is 16.3. The largest absolute Gasteiger partial charge is 0.392 e. The predicted molar refractivity (Wildman–Crippen MR) is 131 cm³/mol. The summed E-state index contributed by atoms with van der Waals surface area (Å²) < 4.78 is 0. The van der Waals surface area contributed by atoms with Gasteiger partial charge < -0.3 is 15.4 Å². The molecular formula is C27H23N5O2. The number of aromatic nitrogens is 4. The van der Waals surface area contributed by atoms with Crippen LogP contribution in [0.2, 0.25) is 0 Å². The van der Waals surface area contributed by atoms with Crippen molar-refractivity contribution in [3.8, 4) is 22.6 Å². The fourth-order valence-corrected chi connectivity index (χ4v) is 3.79. The molecule has 2 aromatic carbocycles. The van der Waals surface area contributed by atoms with Gasteiger partial charge in [0, 0.05) is 41.8 Å². The number of aliphatic hydroxyl groups is 1. The van der Waals surface area contributed by atoms with E-state index in [4.69, 9.17) is 0 Å². The van der Waals surface area contributed by atoms with Gasteiger partial charge in [-0.1, -0.05) is 24.3 Å². The second kappa shape index (κ2) is 9.64. The molecule has 3 heterocycles. The van der Waals surface area contributed by atoms with E-state index in [-0.39, 0.29) is 12.5 Å². The molecule has 3 N–H and O–H groups in total. The molecule has 0 aliphatic heterocycles. The molecule has 7 heteroatoms. The number of aliphatic hydroxyl groups excluding tert-OH is 1. The number of nitrogens with one attached hydrogen (secondary N) is 2. The number of amides is 1. The third kappa shape index (κ3) is 4.69. The molecule has 0 radical (unpaired) electrons. The van der Waals surface area contributed by atoms with Gasteiger partial charge in [-0.3, -0.25) is 14.8 Å². The van der Waals surface area contributed by atoms with Crippen molar-refractivity contribution in [2.75, 3.05) is 6.54 Å². The van der Waals surface area contributed by atoms with Gasteiger partial charge in [-0.2, -0.15) is 0 Å². The van der Waals surface area contributed by atoms with Crippen molar-refractivity contribution in [3.63, 3.8) is 0 Å². The van der Waals surface area contributed by atoms with E-state index in [0.717, 1.165) is 45.4 Å². The molecule has 0 bridgehead atoms. The lowest BCUT2D eigenvalue weighted by atomic mass is 10.1. The van der Waals surface area contributed by atoms with Crippen LogP contribution >= 0.6 is 0 Å². The molecule has 7 nitrogen and oxygen atoms in total. The number of fused-ring (bicyclic) bond motifs is 1. The van der Waals surface area contributed by atoms with Gasteiger partial charge in [-0.05, 0) is 60.0 Å². The van der Waals surface area contributed by atoms with Gasteiger partial charge in [-0.15, -0.1) is 0 Å². The van der Waals surface area contributed by atoms with E-state index >= 15 is 0 Å². The third-order valence-electron chi connectivity index (χ3n) is 5.61. The Balaban J connectivity index is 1.30. The van der Waals surface area contributed by atoms with E-state index in [2.05, 4.69) is 25.3 Å². The van der Waals surface area contributed by atoms with Gasteiger partial charge in [0.2, 0.25) is 0 Å². The summed E-state index contributed by atoms with van der Waals surface area (Å²) in [6.07, 6.45) is 6.03. The molecule has 0 fully saturated rings. The Hall–Kier alpha value is -4.36. The molecule has 0 unspecified atom stereocenters. The molecule has 3 aromatic heterocycles. The number of carbonyl (C=O) groups is 1. The molecule has 168 valence electrons. The second-order valence-corrected chi connectivity index (χ2v) is 7.98. The molecular weight excluding hydrogens is 426 g/mol. The summed E-state index contributed by atoms with van der Waals surface area (Å²) in [5, 5.41) is 12.3. The number of hydrogen-bond acceptors (Lipinski definition) is 5. The van der Waals surface area contributed by atoms with Gasteiger partial charge in [0.05, 0.1) is 23.3 Å². The van der Waals surface area contributed by atoms with Crippen LogP contribution in [0.4, 0.5) is 0 Å². The van der Waals surface area contributed by atoms with Crippen LogP contribution < -0.4 is 5.32 Å². The van der Waals surface area contributed by atoms with Crippen molar-refractivity contribution < 1.29 is 9.90 Å². The van der Waals surface area contributed by atoms with E-state index < -0.39 is 0 Å². The maximum atomic E-state index is 12.6. The average Bonchev–Trinajstić information content (AvgIpc) is 3.33. The van der Waals surface area contributed by atoms with E-state index in [9.17, 15) is 9.90 Å². The monoisotopic (exact) mass is 449 g/mol. The smallest absolute Gasteiger partial charge is 0.251 e. The van der Waals surface area contributed by atoms with Crippen LogP contribution in [0.25, 0.3) is 33.7 Å². The minimum absolute atomic E-state index is 0.00454.